The quantitative estimate of drug-likeness (QED) is 0.686. The van der Waals surface area contributed by atoms with Gasteiger partial charge in [-0.15, -0.1) is 0 Å². The summed E-state index contributed by atoms with van der Waals surface area (Å²) >= 11 is 0. The molecular weight excluding hydrogens is 244 g/mol. The van der Waals surface area contributed by atoms with Gasteiger partial charge in [-0.25, -0.2) is 8.78 Å². The molecule has 1 heterocycles. The van der Waals surface area contributed by atoms with Gasteiger partial charge in [0.2, 0.25) is 5.89 Å². The number of rotatable bonds is 9. The Morgan fingerprint density at radius 1 is 1.39 bits per heavy atom. The number of aromatic nitrogens is 2. The number of alkyl halides is 2. The Hall–Kier alpha value is -1.08. The average Bonchev–Trinajstić information content (AvgIpc) is 2.72. The highest BCUT2D eigenvalue weighted by Crippen LogP contribution is 2.00. The van der Waals surface area contributed by atoms with Crippen LogP contribution >= 0.6 is 0 Å². The van der Waals surface area contributed by atoms with Crippen LogP contribution in [0.2, 0.25) is 0 Å². The summed E-state index contributed by atoms with van der Waals surface area (Å²) in [4.78, 5) is 4.12. The van der Waals surface area contributed by atoms with E-state index in [1.807, 2.05) is 0 Å². The summed E-state index contributed by atoms with van der Waals surface area (Å²) in [6.45, 7) is 5.21. The van der Waals surface area contributed by atoms with Crippen LogP contribution in [0.15, 0.2) is 4.52 Å². The zero-order chi connectivity index (χ0) is 13.4. The minimum atomic E-state index is -2.44. The molecule has 0 fully saturated rings. The van der Waals surface area contributed by atoms with Crippen LogP contribution in [0.25, 0.3) is 0 Å². The first-order chi connectivity index (χ1) is 8.58. The van der Waals surface area contributed by atoms with Gasteiger partial charge in [0, 0.05) is 6.42 Å². The molecule has 0 saturated carbocycles. The molecule has 0 aliphatic carbocycles. The maximum absolute atomic E-state index is 11.8. The van der Waals surface area contributed by atoms with Gasteiger partial charge in [-0.05, 0) is 12.5 Å². The molecule has 0 unspecified atom stereocenters. The maximum atomic E-state index is 11.8. The lowest BCUT2D eigenvalue weighted by molar-refractivity contribution is 0.0182. The van der Waals surface area contributed by atoms with Crippen molar-refractivity contribution in [1.82, 2.24) is 15.5 Å². The Balaban J connectivity index is 2.17. The van der Waals surface area contributed by atoms with E-state index < -0.39 is 13.0 Å². The normalized spacial score (nSPS) is 11.7. The lowest BCUT2D eigenvalue weighted by Crippen LogP contribution is -2.19. The fraction of sp³-hybridized carbons (Fsp3) is 0.818. The van der Waals surface area contributed by atoms with Crippen LogP contribution in [0.5, 0.6) is 0 Å². The van der Waals surface area contributed by atoms with Crippen LogP contribution in [0.3, 0.4) is 0 Å². The monoisotopic (exact) mass is 263 g/mol. The number of hydrogen-bond donors (Lipinski definition) is 1. The largest absolute Gasteiger partial charge is 0.375 e. The van der Waals surface area contributed by atoms with Crippen LogP contribution in [0.4, 0.5) is 8.78 Å². The Labute approximate surface area is 105 Å². The standard InChI is InChI=1S/C11H19F2N3O2/c1-8(2)5-14-6-11-15-10(16-18-11)3-4-17-7-9(12)13/h8-9,14H,3-7H2,1-2H3. The number of halogens is 2. The molecule has 0 radical (unpaired) electrons. The van der Waals surface area contributed by atoms with Gasteiger partial charge >= 0.3 is 0 Å². The van der Waals surface area contributed by atoms with Gasteiger partial charge in [0.1, 0.15) is 6.61 Å². The fourth-order valence-electron chi connectivity index (χ4n) is 1.27. The van der Waals surface area contributed by atoms with Crippen molar-refractivity contribution in [2.45, 2.75) is 33.2 Å². The molecule has 18 heavy (non-hydrogen) atoms. The van der Waals surface area contributed by atoms with Gasteiger partial charge in [0.25, 0.3) is 6.43 Å². The van der Waals surface area contributed by atoms with Crippen LogP contribution in [-0.4, -0.2) is 36.3 Å². The molecule has 7 heteroatoms. The topological polar surface area (TPSA) is 60.2 Å². The summed E-state index contributed by atoms with van der Waals surface area (Å²) in [5.74, 6) is 1.53. The summed E-state index contributed by atoms with van der Waals surface area (Å²) < 4.78 is 33.3. The van der Waals surface area contributed by atoms with E-state index in [4.69, 9.17) is 9.26 Å². The van der Waals surface area contributed by atoms with Crippen LogP contribution < -0.4 is 5.32 Å². The molecule has 0 spiro atoms. The van der Waals surface area contributed by atoms with E-state index in [0.29, 0.717) is 30.6 Å². The average molecular weight is 263 g/mol. The third kappa shape index (κ3) is 6.61. The van der Waals surface area contributed by atoms with E-state index in [-0.39, 0.29) is 6.61 Å². The van der Waals surface area contributed by atoms with E-state index >= 15 is 0 Å². The first-order valence-electron chi connectivity index (χ1n) is 5.96. The van der Waals surface area contributed by atoms with Crippen molar-refractivity contribution in [3.05, 3.63) is 11.7 Å². The van der Waals surface area contributed by atoms with E-state index in [1.165, 1.54) is 0 Å². The van der Waals surface area contributed by atoms with Crippen molar-refractivity contribution >= 4 is 0 Å². The highest BCUT2D eigenvalue weighted by atomic mass is 19.3. The van der Waals surface area contributed by atoms with E-state index in [9.17, 15) is 8.78 Å². The molecule has 0 saturated heterocycles. The Kier molecular flexibility index (Phi) is 6.74. The lowest BCUT2D eigenvalue weighted by Gasteiger charge is -2.03. The first-order valence-corrected chi connectivity index (χ1v) is 5.96. The highest BCUT2D eigenvalue weighted by molar-refractivity contribution is 4.86. The summed E-state index contributed by atoms with van der Waals surface area (Å²) in [6.07, 6.45) is -2.06. The second-order valence-corrected chi connectivity index (χ2v) is 4.35. The molecule has 104 valence electrons. The predicted octanol–water partition coefficient (Wildman–Crippen LogP) is 1.64. The molecule has 1 rings (SSSR count). The van der Waals surface area contributed by atoms with Crippen LogP contribution in [-0.2, 0) is 17.7 Å². The van der Waals surface area contributed by atoms with Crippen molar-refractivity contribution < 1.29 is 18.0 Å². The smallest absolute Gasteiger partial charge is 0.261 e. The summed E-state index contributed by atoms with van der Waals surface area (Å²) in [5.41, 5.74) is 0. The number of ether oxygens (including phenoxy) is 1. The third-order valence-corrected chi connectivity index (χ3v) is 2.05. The third-order valence-electron chi connectivity index (χ3n) is 2.05. The fourth-order valence-corrected chi connectivity index (χ4v) is 1.27. The van der Waals surface area contributed by atoms with Crippen molar-refractivity contribution in [1.29, 1.82) is 0 Å². The molecule has 0 atom stereocenters. The minimum Gasteiger partial charge on any atom is -0.375 e. The molecule has 5 nitrogen and oxygen atoms in total. The van der Waals surface area contributed by atoms with Gasteiger partial charge < -0.3 is 14.6 Å². The van der Waals surface area contributed by atoms with Crippen molar-refractivity contribution in [3.8, 4) is 0 Å². The maximum Gasteiger partial charge on any atom is 0.261 e. The van der Waals surface area contributed by atoms with Gasteiger partial charge in [0.15, 0.2) is 5.82 Å². The van der Waals surface area contributed by atoms with Gasteiger partial charge in [-0.3, -0.25) is 0 Å². The first kappa shape index (κ1) is 15.0. The molecule has 0 amide bonds. The molecule has 1 N–H and O–H groups in total. The van der Waals surface area contributed by atoms with Crippen molar-refractivity contribution in [3.63, 3.8) is 0 Å². The molecule has 0 bridgehead atoms. The van der Waals surface area contributed by atoms with E-state index in [0.717, 1.165) is 6.54 Å². The zero-order valence-corrected chi connectivity index (χ0v) is 10.7. The number of nitrogens with one attached hydrogen (secondary N) is 1. The van der Waals surface area contributed by atoms with Gasteiger partial charge in [0.05, 0.1) is 13.2 Å². The second-order valence-electron chi connectivity index (χ2n) is 4.35. The molecule has 1 aromatic heterocycles. The minimum absolute atomic E-state index is 0.169. The molecule has 0 aliphatic rings. The molecule has 0 aliphatic heterocycles. The Bertz CT molecular complexity index is 332. The van der Waals surface area contributed by atoms with Crippen LogP contribution in [0, 0.1) is 5.92 Å². The van der Waals surface area contributed by atoms with Gasteiger partial charge in [-0.2, -0.15) is 4.98 Å². The number of hydrogen-bond acceptors (Lipinski definition) is 5. The highest BCUT2D eigenvalue weighted by Gasteiger charge is 2.07. The van der Waals surface area contributed by atoms with E-state index in [2.05, 4.69) is 29.3 Å². The van der Waals surface area contributed by atoms with E-state index in [1.54, 1.807) is 0 Å². The van der Waals surface area contributed by atoms with Crippen molar-refractivity contribution in [2.24, 2.45) is 5.92 Å². The molecule has 0 aromatic carbocycles. The molecular formula is C11H19F2N3O2. The van der Waals surface area contributed by atoms with Crippen LogP contribution in [0.1, 0.15) is 25.6 Å². The summed E-state index contributed by atoms with van der Waals surface area (Å²) in [6, 6.07) is 0. The summed E-state index contributed by atoms with van der Waals surface area (Å²) in [7, 11) is 0. The predicted molar refractivity (Wildman–Crippen MR) is 61.4 cm³/mol. The Morgan fingerprint density at radius 3 is 2.83 bits per heavy atom. The molecule has 1 aromatic rings. The second kappa shape index (κ2) is 8.10. The lowest BCUT2D eigenvalue weighted by atomic mass is 10.2. The van der Waals surface area contributed by atoms with Crippen molar-refractivity contribution in [2.75, 3.05) is 19.8 Å². The number of nitrogens with zero attached hydrogens (tertiary/aromatic N) is 2. The SMILES string of the molecule is CC(C)CNCc1nc(CCOCC(F)F)no1. The summed E-state index contributed by atoms with van der Waals surface area (Å²) in [5, 5.41) is 6.91. The zero-order valence-electron chi connectivity index (χ0n) is 10.7. The van der Waals surface area contributed by atoms with Gasteiger partial charge in [-0.1, -0.05) is 19.0 Å². The Morgan fingerprint density at radius 2 is 2.17 bits per heavy atom.